The summed E-state index contributed by atoms with van der Waals surface area (Å²) >= 11 is 5.70. The molecule has 0 bridgehead atoms. The van der Waals surface area contributed by atoms with Gasteiger partial charge in [-0.05, 0) is 65.2 Å². The fourth-order valence-corrected chi connectivity index (χ4v) is 3.97. The average Bonchev–Trinajstić information content (AvgIpc) is 2.82. The highest BCUT2D eigenvalue weighted by Crippen LogP contribution is 2.33. The van der Waals surface area contributed by atoms with Gasteiger partial charge >= 0.3 is 0 Å². The van der Waals surface area contributed by atoms with Crippen molar-refractivity contribution in [3.05, 3.63) is 83.5 Å². The molecular formula is C23H18ClFN4O4S. The minimum absolute atomic E-state index is 0.0904. The summed E-state index contributed by atoms with van der Waals surface area (Å²) in [6.07, 6.45) is 2.21. The van der Waals surface area contributed by atoms with Crippen molar-refractivity contribution in [1.82, 2.24) is 14.8 Å². The summed E-state index contributed by atoms with van der Waals surface area (Å²) in [6.45, 7) is 2.07. The van der Waals surface area contributed by atoms with E-state index in [0.29, 0.717) is 12.2 Å². The van der Waals surface area contributed by atoms with E-state index in [-0.39, 0.29) is 27.6 Å². The van der Waals surface area contributed by atoms with Crippen LogP contribution in [0.25, 0.3) is 10.8 Å². The second kappa shape index (κ2) is 10.0. The minimum atomic E-state index is -3.87. The van der Waals surface area contributed by atoms with Crippen LogP contribution in [0.3, 0.4) is 0 Å². The lowest BCUT2D eigenvalue weighted by Gasteiger charge is -2.12. The van der Waals surface area contributed by atoms with Crippen molar-refractivity contribution in [2.45, 2.75) is 11.8 Å². The molecule has 0 saturated carbocycles. The zero-order valence-electron chi connectivity index (χ0n) is 17.8. The van der Waals surface area contributed by atoms with Crippen LogP contribution in [0.2, 0.25) is 5.28 Å². The van der Waals surface area contributed by atoms with Gasteiger partial charge in [-0.25, -0.2) is 9.82 Å². The van der Waals surface area contributed by atoms with E-state index in [0.717, 1.165) is 17.0 Å². The smallest absolute Gasteiger partial charge is 0.276 e. The second-order valence-corrected chi connectivity index (χ2v) is 8.89. The molecule has 4 rings (SSSR count). The Morgan fingerprint density at radius 3 is 2.68 bits per heavy atom. The maximum absolute atomic E-state index is 13.9. The van der Waals surface area contributed by atoms with Crippen LogP contribution < -0.4 is 14.3 Å². The zero-order chi connectivity index (χ0) is 24.1. The van der Waals surface area contributed by atoms with Crippen molar-refractivity contribution in [3.63, 3.8) is 0 Å². The number of nitrogens with zero attached hydrogens (tertiary/aromatic N) is 3. The Bertz CT molecular complexity index is 1480. The molecule has 1 heterocycles. The number of fused-ring (bicyclic) bond motifs is 1. The molecule has 4 aromatic rings. The molecule has 0 amide bonds. The van der Waals surface area contributed by atoms with Gasteiger partial charge in [-0.2, -0.15) is 22.9 Å². The van der Waals surface area contributed by atoms with Crippen LogP contribution in [0.4, 0.5) is 4.39 Å². The molecule has 11 heteroatoms. The van der Waals surface area contributed by atoms with Crippen molar-refractivity contribution in [2.24, 2.45) is 5.10 Å². The first-order chi connectivity index (χ1) is 16.4. The van der Waals surface area contributed by atoms with Gasteiger partial charge in [0.1, 0.15) is 0 Å². The lowest BCUT2D eigenvalue weighted by molar-refractivity contribution is 0.316. The average molecular weight is 501 g/mol. The Morgan fingerprint density at radius 1 is 1.09 bits per heavy atom. The molecule has 8 nitrogen and oxygen atoms in total. The van der Waals surface area contributed by atoms with E-state index in [1.165, 1.54) is 18.3 Å². The van der Waals surface area contributed by atoms with E-state index in [1.54, 1.807) is 31.2 Å². The third-order valence-corrected chi connectivity index (χ3v) is 5.98. The third kappa shape index (κ3) is 5.41. The van der Waals surface area contributed by atoms with Gasteiger partial charge < -0.3 is 9.47 Å². The van der Waals surface area contributed by atoms with Gasteiger partial charge in [-0.3, -0.25) is 0 Å². The van der Waals surface area contributed by atoms with Gasteiger partial charge in [-0.1, -0.05) is 30.3 Å². The summed E-state index contributed by atoms with van der Waals surface area (Å²) in [7, 11) is -3.87. The molecule has 0 unspecified atom stereocenters. The quantitative estimate of drug-likeness (QED) is 0.209. The molecule has 0 saturated heterocycles. The van der Waals surface area contributed by atoms with Crippen molar-refractivity contribution >= 4 is 38.6 Å². The van der Waals surface area contributed by atoms with Crippen molar-refractivity contribution in [1.29, 1.82) is 0 Å². The first-order valence-corrected chi connectivity index (χ1v) is 11.9. The van der Waals surface area contributed by atoms with Crippen LogP contribution >= 0.6 is 11.6 Å². The van der Waals surface area contributed by atoms with E-state index in [4.69, 9.17) is 21.1 Å². The monoisotopic (exact) mass is 500 g/mol. The standard InChI is InChI=1S/C23H18ClFN4O4S/c1-2-32-21-11-15(7-10-20(21)33-22-19(25)14-26-23(24)28-22)13-27-29-34(30,31)18-9-8-16-5-3-4-6-17(16)12-18/h3-14,29H,2H2,1H3/b27-13-. The summed E-state index contributed by atoms with van der Waals surface area (Å²) in [5.74, 6) is -0.687. The van der Waals surface area contributed by atoms with Gasteiger partial charge in [0.2, 0.25) is 11.1 Å². The molecule has 1 aromatic heterocycles. The Hall–Kier alpha value is -3.76. The summed E-state index contributed by atoms with van der Waals surface area (Å²) in [5.41, 5.74) is 0.512. The van der Waals surface area contributed by atoms with Crippen LogP contribution in [-0.2, 0) is 10.0 Å². The Kier molecular flexibility index (Phi) is 6.90. The molecule has 0 atom stereocenters. The zero-order valence-corrected chi connectivity index (χ0v) is 19.3. The lowest BCUT2D eigenvalue weighted by atomic mass is 10.1. The highest BCUT2D eigenvalue weighted by molar-refractivity contribution is 7.89. The van der Waals surface area contributed by atoms with Crippen LogP contribution in [-0.4, -0.2) is 31.2 Å². The molecule has 0 fully saturated rings. The summed E-state index contributed by atoms with van der Waals surface area (Å²) in [6, 6.07) is 16.9. The Labute approximate surface area is 200 Å². The Morgan fingerprint density at radius 2 is 1.88 bits per heavy atom. The third-order valence-electron chi connectivity index (χ3n) is 4.57. The first kappa shape index (κ1) is 23.4. The molecule has 174 valence electrons. The topological polar surface area (TPSA) is 103 Å². The normalized spacial score (nSPS) is 11.6. The molecule has 3 aromatic carbocycles. The number of rotatable bonds is 8. The van der Waals surface area contributed by atoms with E-state index < -0.39 is 15.8 Å². The van der Waals surface area contributed by atoms with E-state index in [2.05, 4.69) is 19.9 Å². The number of hydrogen-bond donors (Lipinski definition) is 1. The summed E-state index contributed by atoms with van der Waals surface area (Å²) in [5, 5.41) is 5.41. The van der Waals surface area contributed by atoms with E-state index >= 15 is 0 Å². The molecule has 0 radical (unpaired) electrons. The molecule has 34 heavy (non-hydrogen) atoms. The molecular weight excluding hydrogens is 483 g/mol. The number of ether oxygens (including phenoxy) is 2. The van der Waals surface area contributed by atoms with Crippen LogP contribution in [0.5, 0.6) is 17.4 Å². The van der Waals surface area contributed by atoms with Crippen molar-refractivity contribution in [2.75, 3.05) is 6.61 Å². The Balaban J connectivity index is 1.52. The van der Waals surface area contributed by atoms with E-state index in [1.807, 2.05) is 24.3 Å². The minimum Gasteiger partial charge on any atom is -0.490 e. The maximum atomic E-state index is 13.9. The summed E-state index contributed by atoms with van der Waals surface area (Å²) < 4.78 is 50.2. The number of hydrogen-bond acceptors (Lipinski definition) is 7. The number of hydrazone groups is 1. The SMILES string of the molecule is CCOc1cc(/C=N\NS(=O)(=O)c2ccc3ccccc3c2)ccc1Oc1nc(Cl)ncc1F. The van der Waals surface area contributed by atoms with Gasteiger partial charge in [0, 0.05) is 0 Å². The van der Waals surface area contributed by atoms with Gasteiger partial charge in [0.05, 0.1) is 23.9 Å². The highest BCUT2D eigenvalue weighted by atomic mass is 35.5. The predicted molar refractivity (Wildman–Crippen MR) is 127 cm³/mol. The van der Waals surface area contributed by atoms with Crippen LogP contribution in [0, 0.1) is 5.82 Å². The van der Waals surface area contributed by atoms with Crippen molar-refractivity contribution in [3.8, 4) is 17.4 Å². The van der Waals surface area contributed by atoms with Crippen LogP contribution in [0.15, 0.2) is 76.9 Å². The van der Waals surface area contributed by atoms with Crippen LogP contribution in [0.1, 0.15) is 12.5 Å². The highest BCUT2D eigenvalue weighted by Gasteiger charge is 2.15. The number of aromatic nitrogens is 2. The molecule has 0 aliphatic heterocycles. The van der Waals surface area contributed by atoms with Gasteiger partial charge in [-0.15, -0.1) is 0 Å². The fourth-order valence-electron chi connectivity index (χ4n) is 3.02. The fraction of sp³-hybridized carbons (Fsp3) is 0.0870. The molecule has 0 aliphatic carbocycles. The van der Waals surface area contributed by atoms with E-state index in [9.17, 15) is 12.8 Å². The predicted octanol–water partition coefficient (Wildman–Crippen LogP) is 4.93. The summed E-state index contributed by atoms with van der Waals surface area (Å²) in [4.78, 5) is 9.54. The molecule has 0 spiro atoms. The number of benzene rings is 3. The van der Waals surface area contributed by atoms with Gasteiger partial charge in [0.15, 0.2) is 11.5 Å². The lowest BCUT2D eigenvalue weighted by Crippen LogP contribution is -2.18. The maximum Gasteiger partial charge on any atom is 0.276 e. The number of sulfonamides is 1. The number of halogens is 2. The van der Waals surface area contributed by atoms with Crippen molar-refractivity contribution < 1.29 is 22.3 Å². The van der Waals surface area contributed by atoms with Gasteiger partial charge in [0.25, 0.3) is 15.9 Å². The second-order valence-electron chi connectivity index (χ2n) is 6.90. The molecule has 0 aliphatic rings. The molecule has 1 N–H and O–H groups in total. The first-order valence-electron chi connectivity index (χ1n) is 10.0. The number of nitrogens with one attached hydrogen (secondary N) is 1. The largest absolute Gasteiger partial charge is 0.490 e.